The lowest BCUT2D eigenvalue weighted by Gasteiger charge is -2.25. The van der Waals surface area contributed by atoms with Crippen molar-refractivity contribution in [1.29, 1.82) is 0 Å². The van der Waals surface area contributed by atoms with Crippen LogP contribution in [0.25, 0.3) is 0 Å². The Morgan fingerprint density at radius 2 is 2.33 bits per heavy atom. The zero-order chi connectivity index (χ0) is 6.69. The summed E-state index contributed by atoms with van der Waals surface area (Å²) in [6, 6.07) is 0.376. The van der Waals surface area contributed by atoms with Gasteiger partial charge in [0.15, 0.2) is 0 Å². The summed E-state index contributed by atoms with van der Waals surface area (Å²) in [7, 11) is 0. The van der Waals surface area contributed by atoms with Crippen molar-refractivity contribution in [3.8, 4) is 0 Å². The Hall–Kier alpha value is -0.0800. The van der Waals surface area contributed by atoms with E-state index in [1.165, 1.54) is 6.42 Å². The SMILES string of the molecule is C[C@H]1CC[C@@H](CO)NC1. The van der Waals surface area contributed by atoms with E-state index in [9.17, 15) is 0 Å². The van der Waals surface area contributed by atoms with Gasteiger partial charge in [-0.05, 0) is 25.3 Å². The first kappa shape index (κ1) is 7.03. The van der Waals surface area contributed by atoms with Gasteiger partial charge in [-0.25, -0.2) is 0 Å². The fourth-order valence-corrected chi connectivity index (χ4v) is 1.21. The fraction of sp³-hybridized carbons (Fsp3) is 1.00. The van der Waals surface area contributed by atoms with Gasteiger partial charge in [0, 0.05) is 6.04 Å². The van der Waals surface area contributed by atoms with Gasteiger partial charge in [0.25, 0.3) is 0 Å². The third-order valence-electron chi connectivity index (χ3n) is 1.98. The molecule has 1 aliphatic rings. The summed E-state index contributed by atoms with van der Waals surface area (Å²) >= 11 is 0. The van der Waals surface area contributed by atoms with Crippen LogP contribution < -0.4 is 5.32 Å². The van der Waals surface area contributed by atoms with Gasteiger partial charge in [-0.1, -0.05) is 6.92 Å². The topological polar surface area (TPSA) is 32.3 Å². The van der Waals surface area contributed by atoms with Crippen molar-refractivity contribution in [1.82, 2.24) is 5.32 Å². The van der Waals surface area contributed by atoms with Crippen molar-refractivity contribution in [3.05, 3.63) is 0 Å². The van der Waals surface area contributed by atoms with E-state index in [-0.39, 0.29) is 0 Å². The third kappa shape index (κ3) is 1.95. The predicted molar refractivity (Wildman–Crippen MR) is 37.3 cm³/mol. The zero-order valence-corrected chi connectivity index (χ0v) is 5.93. The van der Waals surface area contributed by atoms with Gasteiger partial charge in [0.2, 0.25) is 0 Å². The summed E-state index contributed by atoms with van der Waals surface area (Å²) in [6.45, 7) is 3.61. The maximum Gasteiger partial charge on any atom is 0.0584 e. The summed E-state index contributed by atoms with van der Waals surface area (Å²) in [6.07, 6.45) is 2.40. The van der Waals surface area contributed by atoms with Gasteiger partial charge in [-0.3, -0.25) is 0 Å². The molecular formula is C7H15NO. The highest BCUT2D eigenvalue weighted by Crippen LogP contribution is 2.12. The molecule has 2 N–H and O–H groups in total. The molecule has 0 radical (unpaired) electrons. The predicted octanol–water partition coefficient (Wildman–Crippen LogP) is 0.367. The Morgan fingerprint density at radius 1 is 1.56 bits per heavy atom. The van der Waals surface area contributed by atoms with Gasteiger partial charge in [0.05, 0.1) is 6.61 Å². The van der Waals surface area contributed by atoms with Crippen molar-refractivity contribution >= 4 is 0 Å². The first-order valence-corrected chi connectivity index (χ1v) is 3.67. The van der Waals surface area contributed by atoms with Crippen LogP contribution in [0, 0.1) is 5.92 Å². The molecule has 54 valence electrons. The van der Waals surface area contributed by atoms with E-state index in [1.807, 2.05) is 0 Å². The van der Waals surface area contributed by atoms with Gasteiger partial charge < -0.3 is 10.4 Å². The van der Waals surface area contributed by atoms with E-state index >= 15 is 0 Å². The smallest absolute Gasteiger partial charge is 0.0584 e. The molecule has 0 bridgehead atoms. The van der Waals surface area contributed by atoms with E-state index in [0.29, 0.717) is 12.6 Å². The van der Waals surface area contributed by atoms with Crippen LogP contribution in [-0.2, 0) is 0 Å². The molecule has 0 aliphatic carbocycles. The minimum absolute atomic E-state index is 0.298. The lowest BCUT2D eigenvalue weighted by atomic mass is 9.97. The molecule has 1 saturated heterocycles. The van der Waals surface area contributed by atoms with Crippen LogP contribution in [0.1, 0.15) is 19.8 Å². The van der Waals surface area contributed by atoms with E-state index in [1.54, 1.807) is 0 Å². The summed E-state index contributed by atoms with van der Waals surface area (Å²) in [5, 5.41) is 12.0. The molecule has 0 aromatic heterocycles. The second-order valence-corrected chi connectivity index (χ2v) is 2.97. The highest BCUT2D eigenvalue weighted by molar-refractivity contribution is 4.74. The van der Waals surface area contributed by atoms with Gasteiger partial charge in [-0.2, -0.15) is 0 Å². The Bertz CT molecular complexity index is 77.0. The number of hydrogen-bond acceptors (Lipinski definition) is 2. The van der Waals surface area contributed by atoms with Crippen LogP contribution in [0.5, 0.6) is 0 Å². The van der Waals surface area contributed by atoms with Crippen LogP contribution in [0.3, 0.4) is 0 Å². The number of hydrogen-bond donors (Lipinski definition) is 2. The molecule has 0 aromatic rings. The van der Waals surface area contributed by atoms with Crippen LogP contribution >= 0.6 is 0 Å². The Labute approximate surface area is 56.3 Å². The molecule has 0 saturated carbocycles. The molecule has 1 heterocycles. The maximum absolute atomic E-state index is 8.71. The summed E-state index contributed by atoms with van der Waals surface area (Å²) in [4.78, 5) is 0. The number of aliphatic hydroxyl groups excluding tert-OH is 1. The number of piperidine rings is 1. The third-order valence-corrected chi connectivity index (χ3v) is 1.98. The number of aliphatic hydroxyl groups is 1. The molecule has 2 heteroatoms. The first-order chi connectivity index (χ1) is 4.33. The minimum Gasteiger partial charge on any atom is -0.395 e. The van der Waals surface area contributed by atoms with Crippen molar-refractivity contribution in [2.45, 2.75) is 25.8 Å². The lowest BCUT2D eigenvalue weighted by molar-refractivity contribution is 0.203. The normalized spacial score (nSPS) is 36.7. The van der Waals surface area contributed by atoms with E-state index in [0.717, 1.165) is 18.9 Å². The molecule has 0 spiro atoms. The highest BCUT2D eigenvalue weighted by atomic mass is 16.3. The molecule has 0 amide bonds. The lowest BCUT2D eigenvalue weighted by Crippen LogP contribution is -2.40. The Morgan fingerprint density at radius 3 is 2.78 bits per heavy atom. The van der Waals surface area contributed by atoms with Gasteiger partial charge in [-0.15, -0.1) is 0 Å². The van der Waals surface area contributed by atoms with Crippen molar-refractivity contribution in [3.63, 3.8) is 0 Å². The Balaban J connectivity index is 2.18. The quantitative estimate of drug-likeness (QED) is 0.536. The molecule has 2 nitrogen and oxygen atoms in total. The van der Waals surface area contributed by atoms with Crippen molar-refractivity contribution in [2.24, 2.45) is 5.92 Å². The monoisotopic (exact) mass is 129 g/mol. The second-order valence-electron chi connectivity index (χ2n) is 2.97. The summed E-state index contributed by atoms with van der Waals surface area (Å²) in [5.41, 5.74) is 0. The molecular weight excluding hydrogens is 114 g/mol. The average Bonchev–Trinajstić information content (AvgIpc) is 1.90. The molecule has 1 rings (SSSR count). The summed E-state index contributed by atoms with van der Waals surface area (Å²) in [5.74, 6) is 0.799. The molecule has 1 fully saturated rings. The maximum atomic E-state index is 8.71. The van der Waals surface area contributed by atoms with Crippen LogP contribution in [-0.4, -0.2) is 24.3 Å². The number of rotatable bonds is 1. The average molecular weight is 129 g/mol. The van der Waals surface area contributed by atoms with Gasteiger partial charge in [0.1, 0.15) is 0 Å². The molecule has 9 heavy (non-hydrogen) atoms. The van der Waals surface area contributed by atoms with E-state index in [2.05, 4.69) is 12.2 Å². The molecule has 1 aliphatic heterocycles. The number of nitrogens with one attached hydrogen (secondary N) is 1. The van der Waals surface area contributed by atoms with Gasteiger partial charge >= 0.3 is 0 Å². The minimum atomic E-state index is 0.298. The Kier molecular flexibility index (Phi) is 2.49. The zero-order valence-electron chi connectivity index (χ0n) is 5.93. The molecule has 0 aromatic carbocycles. The van der Waals surface area contributed by atoms with E-state index < -0.39 is 0 Å². The van der Waals surface area contributed by atoms with Crippen LogP contribution in [0.2, 0.25) is 0 Å². The first-order valence-electron chi connectivity index (χ1n) is 3.67. The highest BCUT2D eigenvalue weighted by Gasteiger charge is 2.15. The summed E-state index contributed by atoms with van der Waals surface area (Å²) < 4.78 is 0. The van der Waals surface area contributed by atoms with Crippen LogP contribution in [0.4, 0.5) is 0 Å². The largest absolute Gasteiger partial charge is 0.395 e. The molecule has 2 atom stereocenters. The van der Waals surface area contributed by atoms with Crippen LogP contribution in [0.15, 0.2) is 0 Å². The fourth-order valence-electron chi connectivity index (χ4n) is 1.21. The standard InChI is InChI=1S/C7H15NO/c1-6-2-3-7(5-9)8-4-6/h6-9H,2-5H2,1H3/t6-,7-/m0/s1. The van der Waals surface area contributed by atoms with Crippen molar-refractivity contribution in [2.75, 3.05) is 13.2 Å². The second kappa shape index (κ2) is 3.18. The van der Waals surface area contributed by atoms with Crippen molar-refractivity contribution < 1.29 is 5.11 Å². The van der Waals surface area contributed by atoms with E-state index in [4.69, 9.17) is 5.11 Å². The molecule has 0 unspecified atom stereocenters.